The molecule has 0 spiro atoms. The van der Waals surface area contributed by atoms with Gasteiger partial charge in [-0.2, -0.15) is 0 Å². The molecular formula is C17H15N2O5-. The molecule has 2 rings (SSSR count). The molecule has 7 heteroatoms. The summed E-state index contributed by atoms with van der Waals surface area (Å²) in [5.74, 6) is -2.39. The lowest BCUT2D eigenvalue weighted by Crippen LogP contribution is -2.48. The van der Waals surface area contributed by atoms with Crippen LogP contribution in [-0.2, 0) is 9.59 Å². The average Bonchev–Trinajstić information content (AvgIpc) is 3.07. The van der Waals surface area contributed by atoms with Crippen molar-refractivity contribution in [3.05, 3.63) is 65.7 Å². The van der Waals surface area contributed by atoms with Crippen LogP contribution in [0.2, 0.25) is 0 Å². The van der Waals surface area contributed by atoms with E-state index in [0.717, 1.165) is 0 Å². The van der Waals surface area contributed by atoms with Crippen LogP contribution in [0.1, 0.15) is 23.0 Å². The summed E-state index contributed by atoms with van der Waals surface area (Å²) in [4.78, 5) is 35.2. The van der Waals surface area contributed by atoms with Gasteiger partial charge in [-0.25, -0.2) is 0 Å². The summed E-state index contributed by atoms with van der Waals surface area (Å²) >= 11 is 0. The van der Waals surface area contributed by atoms with Crippen molar-refractivity contribution in [2.75, 3.05) is 0 Å². The molecule has 0 radical (unpaired) electrons. The highest BCUT2D eigenvalue weighted by atomic mass is 16.4. The Hall–Kier alpha value is -3.35. The van der Waals surface area contributed by atoms with Gasteiger partial charge in [0.25, 0.3) is 11.8 Å². The van der Waals surface area contributed by atoms with Gasteiger partial charge in [0.2, 0.25) is 0 Å². The number of carboxylic acids is 1. The summed E-state index contributed by atoms with van der Waals surface area (Å²) in [6.45, 7) is 1.26. The van der Waals surface area contributed by atoms with Crippen molar-refractivity contribution in [2.24, 2.45) is 0 Å². The maximum atomic E-state index is 12.2. The number of carbonyl (C=O) groups excluding carboxylic acids is 3. The van der Waals surface area contributed by atoms with E-state index < -0.39 is 23.8 Å². The number of carbonyl (C=O) groups is 3. The first-order chi connectivity index (χ1) is 11.5. The zero-order chi connectivity index (χ0) is 17.5. The van der Waals surface area contributed by atoms with Gasteiger partial charge in [-0.15, -0.1) is 0 Å². The largest absolute Gasteiger partial charge is 0.548 e. The molecule has 0 aliphatic carbocycles. The van der Waals surface area contributed by atoms with Gasteiger partial charge in [-0.1, -0.05) is 18.2 Å². The van der Waals surface area contributed by atoms with Crippen LogP contribution < -0.4 is 15.7 Å². The van der Waals surface area contributed by atoms with Crippen molar-refractivity contribution >= 4 is 23.9 Å². The smallest absolute Gasteiger partial charge is 0.268 e. The zero-order valence-corrected chi connectivity index (χ0v) is 12.8. The Morgan fingerprint density at radius 3 is 2.42 bits per heavy atom. The van der Waals surface area contributed by atoms with Crippen molar-refractivity contribution < 1.29 is 23.9 Å². The maximum absolute atomic E-state index is 12.2. The van der Waals surface area contributed by atoms with E-state index in [1.807, 2.05) is 0 Å². The molecule has 24 heavy (non-hydrogen) atoms. The van der Waals surface area contributed by atoms with E-state index in [2.05, 4.69) is 10.6 Å². The minimum atomic E-state index is -1.44. The van der Waals surface area contributed by atoms with Gasteiger partial charge in [0.05, 0.1) is 18.3 Å². The van der Waals surface area contributed by atoms with Gasteiger partial charge in [-0.3, -0.25) is 9.59 Å². The van der Waals surface area contributed by atoms with E-state index in [9.17, 15) is 19.5 Å². The molecule has 1 aromatic heterocycles. The fourth-order valence-electron chi connectivity index (χ4n) is 1.79. The highest BCUT2D eigenvalue weighted by Crippen LogP contribution is 2.08. The van der Waals surface area contributed by atoms with E-state index in [1.54, 1.807) is 42.5 Å². The molecule has 0 unspecified atom stereocenters. The van der Waals surface area contributed by atoms with Crippen LogP contribution in [0.3, 0.4) is 0 Å². The third-order valence-electron chi connectivity index (χ3n) is 3.06. The molecule has 0 saturated carbocycles. The van der Waals surface area contributed by atoms with Gasteiger partial charge in [0.15, 0.2) is 0 Å². The van der Waals surface area contributed by atoms with Crippen LogP contribution in [0.4, 0.5) is 0 Å². The van der Waals surface area contributed by atoms with Crippen LogP contribution in [0.5, 0.6) is 0 Å². The van der Waals surface area contributed by atoms with E-state index in [0.29, 0.717) is 11.3 Å². The fraction of sp³-hybridized carbons (Fsp3) is 0.118. The predicted molar refractivity (Wildman–Crippen MR) is 83.2 cm³/mol. The molecule has 0 aliphatic heterocycles. The van der Waals surface area contributed by atoms with Crippen LogP contribution in [0.25, 0.3) is 6.08 Å². The highest BCUT2D eigenvalue weighted by Gasteiger charge is 2.17. The second-order valence-corrected chi connectivity index (χ2v) is 4.91. The van der Waals surface area contributed by atoms with E-state index >= 15 is 0 Å². The lowest BCUT2D eigenvalue weighted by Gasteiger charge is -2.16. The number of rotatable bonds is 6. The third kappa shape index (κ3) is 4.57. The van der Waals surface area contributed by atoms with Crippen molar-refractivity contribution in [3.63, 3.8) is 0 Å². The van der Waals surface area contributed by atoms with Crippen molar-refractivity contribution in [1.82, 2.24) is 10.6 Å². The van der Waals surface area contributed by atoms with E-state index in [-0.39, 0.29) is 5.70 Å². The zero-order valence-electron chi connectivity index (χ0n) is 12.8. The number of carboxylic acid groups (broad SMARTS) is 1. The van der Waals surface area contributed by atoms with Crippen molar-refractivity contribution in [2.45, 2.75) is 13.0 Å². The first-order valence-corrected chi connectivity index (χ1v) is 7.10. The Kier molecular flexibility index (Phi) is 5.51. The molecule has 2 aromatic rings. The molecule has 124 valence electrons. The number of nitrogens with one attached hydrogen (secondary N) is 2. The monoisotopic (exact) mass is 327 g/mol. The third-order valence-corrected chi connectivity index (χ3v) is 3.06. The Bertz CT molecular complexity index is 751. The number of furan rings is 1. The molecule has 0 aliphatic rings. The standard InChI is InChI=1S/C17H16N2O5/c1-11(17(22)23)18-16(21)14(10-13-8-5-9-24-13)19-15(20)12-6-3-2-4-7-12/h2-11H,1H3,(H,18,21)(H,19,20)(H,22,23)/p-1/b14-10-/t11-/m0/s1. The summed E-state index contributed by atoms with van der Waals surface area (Å²) < 4.78 is 5.12. The Morgan fingerprint density at radius 1 is 1.12 bits per heavy atom. The van der Waals surface area contributed by atoms with Crippen LogP contribution in [0.15, 0.2) is 58.8 Å². The SMILES string of the molecule is C[C@H](NC(=O)/C(=C/c1ccco1)NC(=O)c1ccccc1)C(=O)[O-]. The summed E-state index contributed by atoms with van der Waals surface area (Å²) in [6, 6.07) is 10.3. The van der Waals surface area contributed by atoms with Gasteiger partial charge in [-0.05, 0) is 31.2 Å². The quantitative estimate of drug-likeness (QED) is 0.742. The Morgan fingerprint density at radius 2 is 1.83 bits per heavy atom. The normalized spacial score (nSPS) is 12.3. The number of hydrogen-bond acceptors (Lipinski definition) is 5. The highest BCUT2D eigenvalue weighted by molar-refractivity contribution is 6.05. The summed E-state index contributed by atoms with van der Waals surface area (Å²) in [7, 11) is 0. The number of aliphatic carboxylic acids is 1. The fourth-order valence-corrected chi connectivity index (χ4v) is 1.79. The maximum Gasteiger partial charge on any atom is 0.268 e. The number of hydrogen-bond donors (Lipinski definition) is 2. The lowest BCUT2D eigenvalue weighted by molar-refractivity contribution is -0.307. The lowest BCUT2D eigenvalue weighted by atomic mass is 10.2. The molecule has 2 N–H and O–H groups in total. The minimum Gasteiger partial charge on any atom is -0.548 e. The van der Waals surface area contributed by atoms with Crippen molar-refractivity contribution in [3.8, 4) is 0 Å². The Balaban J connectivity index is 2.22. The molecule has 0 saturated heterocycles. The molecule has 2 amide bonds. The summed E-state index contributed by atoms with van der Waals surface area (Å²) in [5.41, 5.74) is 0.204. The van der Waals surface area contributed by atoms with Crippen LogP contribution in [-0.4, -0.2) is 23.8 Å². The molecule has 0 fully saturated rings. The molecule has 1 atom stereocenters. The molecule has 1 aromatic carbocycles. The first-order valence-electron chi connectivity index (χ1n) is 7.10. The first kappa shape index (κ1) is 17.0. The molecule has 1 heterocycles. The van der Waals surface area contributed by atoms with Gasteiger partial charge in [0.1, 0.15) is 11.5 Å². The summed E-state index contributed by atoms with van der Waals surface area (Å²) in [6.07, 6.45) is 2.71. The van der Waals surface area contributed by atoms with Crippen LogP contribution in [0, 0.1) is 0 Å². The topological polar surface area (TPSA) is 111 Å². The molecule has 7 nitrogen and oxygen atoms in total. The van der Waals surface area contributed by atoms with E-state index in [1.165, 1.54) is 19.3 Å². The van der Waals surface area contributed by atoms with Gasteiger partial charge >= 0.3 is 0 Å². The van der Waals surface area contributed by atoms with Crippen LogP contribution >= 0.6 is 0 Å². The van der Waals surface area contributed by atoms with E-state index in [4.69, 9.17) is 4.42 Å². The average molecular weight is 327 g/mol. The number of benzene rings is 1. The number of amides is 2. The molecule has 0 bridgehead atoms. The molecular weight excluding hydrogens is 312 g/mol. The Labute approximate surface area is 138 Å². The second kappa shape index (κ2) is 7.77. The van der Waals surface area contributed by atoms with Gasteiger partial charge in [0, 0.05) is 11.6 Å². The van der Waals surface area contributed by atoms with Gasteiger partial charge < -0.3 is 25.0 Å². The minimum absolute atomic E-state index is 0.146. The van der Waals surface area contributed by atoms with Crippen molar-refractivity contribution in [1.29, 1.82) is 0 Å². The second-order valence-electron chi connectivity index (χ2n) is 4.91. The predicted octanol–water partition coefficient (Wildman–Crippen LogP) is 0.305. The summed E-state index contributed by atoms with van der Waals surface area (Å²) in [5, 5.41) is 15.4.